The van der Waals surface area contributed by atoms with Gasteiger partial charge in [0, 0.05) is 12.3 Å². The van der Waals surface area contributed by atoms with Gasteiger partial charge in [0.2, 0.25) is 0 Å². The summed E-state index contributed by atoms with van der Waals surface area (Å²) in [6, 6.07) is 6.40. The molecule has 1 saturated heterocycles. The minimum Gasteiger partial charge on any atom is -0.390 e. The molecule has 1 aromatic rings. The molecule has 5 atom stereocenters. The number of aryl methyl sites for hydroxylation is 2. The molecule has 1 aromatic carbocycles. The van der Waals surface area contributed by atoms with E-state index in [0.717, 1.165) is 12.8 Å². The second kappa shape index (κ2) is 5.40. The van der Waals surface area contributed by atoms with Crippen LogP contribution in [0.5, 0.6) is 0 Å². The maximum Gasteiger partial charge on any atom is 0.0861 e. The predicted molar refractivity (Wildman–Crippen MR) is 85.3 cm³/mol. The summed E-state index contributed by atoms with van der Waals surface area (Å²) in [5, 5.41) is 11.0. The van der Waals surface area contributed by atoms with Crippen LogP contribution in [-0.2, 0) is 4.74 Å². The topological polar surface area (TPSA) is 29.5 Å². The third kappa shape index (κ3) is 2.76. The fourth-order valence-corrected chi connectivity index (χ4v) is 4.48. The highest BCUT2D eigenvalue weighted by molar-refractivity contribution is 5.36. The molecule has 2 aliphatic rings. The fourth-order valence-electron chi connectivity index (χ4n) is 4.48. The van der Waals surface area contributed by atoms with E-state index in [4.69, 9.17) is 4.74 Å². The van der Waals surface area contributed by atoms with Crippen molar-refractivity contribution in [2.75, 3.05) is 0 Å². The van der Waals surface area contributed by atoms with Gasteiger partial charge in [-0.2, -0.15) is 0 Å². The van der Waals surface area contributed by atoms with Gasteiger partial charge in [-0.05, 0) is 56.2 Å². The first-order valence-corrected chi connectivity index (χ1v) is 8.32. The Kier molecular flexibility index (Phi) is 3.87. The first kappa shape index (κ1) is 15.1. The molecule has 1 saturated carbocycles. The molecule has 1 aliphatic heterocycles. The van der Waals surface area contributed by atoms with Gasteiger partial charge in [0.1, 0.15) is 0 Å². The zero-order valence-corrected chi connectivity index (χ0v) is 13.7. The number of fused-ring (bicyclic) bond motifs is 1. The molecular formula is C19H28O2. The molecule has 2 heteroatoms. The van der Waals surface area contributed by atoms with Crippen LogP contribution in [0.3, 0.4) is 0 Å². The van der Waals surface area contributed by atoms with E-state index in [1.807, 2.05) is 6.92 Å². The Morgan fingerprint density at radius 2 is 1.86 bits per heavy atom. The van der Waals surface area contributed by atoms with Gasteiger partial charge in [0.25, 0.3) is 0 Å². The average molecular weight is 288 g/mol. The van der Waals surface area contributed by atoms with Gasteiger partial charge in [-0.3, -0.25) is 0 Å². The second-order valence-corrected chi connectivity index (χ2v) is 7.55. The third-order valence-electron chi connectivity index (χ3n) is 5.65. The van der Waals surface area contributed by atoms with Gasteiger partial charge in [0.05, 0.1) is 17.8 Å². The van der Waals surface area contributed by atoms with Gasteiger partial charge in [-0.1, -0.05) is 31.5 Å². The van der Waals surface area contributed by atoms with Crippen molar-refractivity contribution in [1.29, 1.82) is 0 Å². The maximum atomic E-state index is 11.0. The molecule has 2 fully saturated rings. The molecule has 3 rings (SSSR count). The lowest BCUT2D eigenvalue weighted by Gasteiger charge is -2.50. The second-order valence-electron chi connectivity index (χ2n) is 7.55. The molecule has 0 aromatic heterocycles. The Morgan fingerprint density at radius 3 is 2.52 bits per heavy atom. The molecule has 0 radical (unpaired) electrons. The molecule has 0 bridgehead atoms. The number of aliphatic hydroxyl groups is 1. The lowest BCUT2D eigenvalue weighted by atomic mass is 9.68. The van der Waals surface area contributed by atoms with Crippen LogP contribution in [0.15, 0.2) is 18.2 Å². The van der Waals surface area contributed by atoms with Crippen molar-refractivity contribution in [2.45, 2.75) is 71.2 Å². The number of rotatable bonds is 1. The maximum absolute atomic E-state index is 11.0. The predicted octanol–water partition coefficient (Wildman–Crippen LogP) is 4.32. The van der Waals surface area contributed by atoms with Crippen LogP contribution in [0.25, 0.3) is 0 Å². The lowest BCUT2D eigenvalue weighted by molar-refractivity contribution is -0.198. The quantitative estimate of drug-likeness (QED) is 0.834. The van der Waals surface area contributed by atoms with E-state index in [-0.39, 0.29) is 12.2 Å². The summed E-state index contributed by atoms with van der Waals surface area (Å²) >= 11 is 0. The summed E-state index contributed by atoms with van der Waals surface area (Å²) in [6.45, 7) is 8.62. The average Bonchev–Trinajstić information content (AvgIpc) is 2.36. The summed E-state index contributed by atoms with van der Waals surface area (Å²) in [7, 11) is 0. The van der Waals surface area contributed by atoms with Crippen LogP contribution < -0.4 is 0 Å². The van der Waals surface area contributed by atoms with Crippen molar-refractivity contribution in [3.63, 3.8) is 0 Å². The van der Waals surface area contributed by atoms with Crippen LogP contribution in [0, 0.1) is 25.7 Å². The number of hydrogen-bond acceptors (Lipinski definition) is 2. The van der Waals surface area contributed by atoms with Crippen molar-refractivity contribution in [2.24, 2.45) is 11.8 Å². The Morgan fingerprint density at radius 1 is 1.19 bits per heavy atom. The van der Waals surface area contributed by atoms with Crippen LogP contribution in [-0.4, -0.2) is 16.8 Å². The SMILES string of the molecule is Cc1cccc(C)c1[C@H]1C[C@](C)(O)[C@@H]2CC[C@@H](C)C[C@H]2O1. The Hall–Kier alpha value is -0.860. The van der Waals surface area contributed by atoms with Crippen molar-refractivity contribution >= 4 is 0 Å². The highest BCUT2D eigenvalue weighted by Crippen LogP contribution is 2.48. The van der Waals surface area contributed by atoms with E-state index < -0.39 is 5.60 Å². The van der Waals surface area contributed by atoms with Gasteiger partial charge >= 0.3 is 0 Å². The van der Waals surface area contributed by atoms with Crippen molar-refractivity contribution in [3.05, 3.63) is 34.9 Å². The van der Waals surface area contributed by atoms with Crippen molar-refractivity contribution in [1.82, 2.24) is 0 Å². The van der Waals surface area contributed by atoms with E-state index in [2.05, 4.69) is 39.0 Å². The zero-order valence-electron chi connectivity index (χ0n) is 13.7. The molecular weight excluding hydrogens is 260 g/mol. The summed E-state index contributed by atoms with van der Waals surface area (Å²) in [5.41, 5.74) is 3.23. The van der Waals surface area contributed by atoms with Crippen LogP contribution in [0.1, 0.15) is 62.3 Å². The van der Waals surface area contributed by atoms with E-state index in [1.165, 1.54) is 23.1 Å². The van der Waals surface area contributed by atoms with Crippen LogP contribution in [0.4, 0.5) is 0 Å². The zero-order chi connectivity index (χ0) is 15.2. The molecule has 1 aliphatic carbocycles. The molecule has 21 heavy (non-hydrogen) atoms. The first-order chi connectivity index (χ1) is 9.88. The standard InChI is InChI=1S/C19H28O2/c1-12-8-9-15-16(10-12)21-17(11-19(15,4)20)18-13(2)6-5-7-14(18)3/h5-7,12,15-17,20H,8-11H2,1-4H3/t12-,15-,16-,17-,19+/m1/s1. The monoisotopic (exact) mass is 288 g/mol. The van der Waals surface area contributed by atoms with Crippen LogP contribution in [0.2, 0.25) is 0 Å². The number of benzene rings is 1. The largest absolute Gasteiger partial charge is 0.390 e. The Balaban J connectivity index is 1.92. The molecule has 0 amide bonds. The minimum absolute atomic E-state index is 0.0350. The highest BCUT2D eigenvalue weighted by atomic mass is 16.5. The summed E-state index contributed by atoms with van der Waals surface area (Å²) in [5.74, 6) is 1.01. The van der Waals surface area contributed by atoms with Gasteiger partial charge < -0.3 is 9.84 Å². The molecule has 0 spiro atoms. The van der Waals surface area contributed by atoms with Crippen molar-refractivity contribution in [3.8, 4) is 0 Å². The highest BCUT2D eigenvalue weighted by Gasteiger charge is 2.48. The van der Waals surface area contributed by atoms with Gasteiger partial charge in [0.15, 0.2) is 0 Å². The smallest absolute Gasteiger partial charge is 0.0861 e. The summed E-state index contributed by atoms with van der Waals surface area (Å²) < 4.78 is 6.48. The summed E-state index contributed by atoms with van der Waals surface area (Å²) in [6.07, 6.45) is 4.36. The van der Waals surface area contributed by atoms with Crippen molar-refractivity contribution < 1.29 is 9.84 Å². The van der Waals surface area contributed by atoms with E-state index in [0.29, 0.717) is 18.3 Å². The molecule has 2 nitrogen and oxygen atoms in total. The minimum atomic E-state index is -0.609. The normalized spacial score (nSPS) is 39.9. The van der Waals surface area contributed by atoms with Gasteiger partial charge in [-0.15, -0.1) is 0 Å². The van der Waals surface area contributed by atoms with E-state index >= 15 is 0 Å². The Labute approximate surface area is 128 Å². The van der Waals surface area contributed by atoms with E-state index in [9.17, 15) is 5.11 Å². The lowest BCUT2D eigenvalue weighted by Crippen LogP contribution is -2.51. The van der Waals surface area contributed by atoms with Gasteiger partial charge in [-0.25, -0.2) is 0 Å². The fraction of sp³-hybridized carbons (Fsp3) is 0.684. The molecule has 1 N–H and O–H groups in total. The number of ether oxygens (including phenoxy) is 1. The molecule has 116 valence electrons. The molecule has 1 heterocycles. The first-order valence-electron chi connectivity index (χ1n) is 8.32. The summed E-state index contributed by atoms with van der Waals surface area (Å²) in [4.78, 5) is 0. The third-order valence-corrected chi connectivity index (χ3v) is 5.65. The number of hydrogen-bond donors (Lipinski definition) is 1. The van der Waals surface area contributed by atoms with Crippen LogP contribution >= 0.6 is 0 Å². The van der Waals surface area contributed by atoms with E-state index in [1.54, 1.807) is 0 Å². The molecule has 0 unspecified atom stereocenters. The Bertz CT molecular complexity index is 500.